The lowest BCUT2D eigenvalue weighted by atomic mass is 10.2. The Labute approximate surface area is 118 Å². The average molecular weight is 300 g/mol. The van der Waals surface area contributed by atoms with Gasteiger partial charge in [-0.15, -0.1) is 0 Å². The Hall–Kier alpha value is -2.38. The molecule has 0 spiro atoms. The highest BCUT2D eigenvalue weighted by molar-refractivity contribution is 5.64. The number of aromatic nitrogens is 2. The van der Waals surface area contributed by atoms with Gasteiger partial charge in [0.05, 0.1) is 0 Å². The number of anilines is 3. The molecule has 1 aromatic heterocycles. The zero-order chi connectivity index (χ0) is 15.7. The highest BCUT2D eigenvalue weighted by Crippen LogP contribution is 2.29. The van der Waals surface area contributed by atoms with E-state index in [0.29, 0.717) is 17.8 Å². The number of nitrogens with one attached hydrogen (secondary N) is 1. The summed E-state index contributed by atoms with van der Waals surface area (Å²) >= 11 is 0. The molecule has 1 aromatic carbocycles. The molecule has 3 N–H and O–H groups in total. The predicted molar refractivity (Wildman–Crippen MR) is 70.1 cm³/mol. The van der Waals surface area contributed by atoms with Gasteiger partial charge in [0.2, 0.25) is 0 Å². The molecule has 0 unspecified atom stereocenters. The number of nitrogens with zero attached hydrogens (tertiary/aromatic N) is 2. The third kappa shape index (κ3) is 2.74. The van der Waals surface area contributed by atoms with Gasteiger partial charge in [0.15, 0.2) is 23.3 Å². The quantitative estimate of drug-likeness (QED) is 0.675. The van der Waals surface area contributed by atoms with Crippen LogP contribution in [0.4, 0.5) is 34.9 Å². The third-order valence-electron chi connectivity index (χ3n) is 2.90. The summed E-state index contributed by atoms with van der Waals surface area (Å²) in [5.41, 5.74) is 5.01. The topological polar surface area (TPSA) is 63.8 Å². The van der Waals surface area contributed by atoms with Crippen LogP contribution in [0.25, 0.3) is 0 Å². The summed E-state index contributed by atoms with van der Waals surface area (Å²) in [6.45, 7) is 3.28. The van der Waals surface area contributed by atoms with Gasteiger partial charge in [-0.25, -0.2) is 27.5 Å². The molecule has 4 nitrogen and oxygen atoms in total. The molecule has 0 aliphatic heterocycles. The zero-order valence-electron chi connectivity index (χ0n) is 11.3. The minimum absolute atomic E-state index is 0.0119. The molecule has 0 saturated carbocycles. The van der Waals surface area contributed by atoms with Crippen LogP contribution in [-0.2, 0) is 6.42 Å². The van der Waals surface area contributed by atoms with E-state index in [1.54, 1.807) is 6.92 Å². The first kappa shape index (κ1) is 15.0. The number of benzene rings is 1. The Morgan fingerprint density at radius 1 is 1.10 bits per heavy atom. The zero-order valence-corrected chi connectivity index (χ0v) is 11.3. The van der Waals surface area contributed by atoms with Crippen molar-refractivity contribution in [3.05, 3.63) is 40.7 Å². The van der Waals surface area contributed by atoms with Gasteiger partial charge >= 0.3 is 0 Å². The van der Waals surface area contributed by atoms with Crippen LogP contribution >= 0.6 is 0 Å². The van der Waals surface area contributed by atoms with Crippen molar-refractivity contribution in [2.24, 2.45) is 0 Å². The van der Waals surface area contributed by atoms with Crippen molar-refractivity contribution in [3.8, 4) is 0 Å². The summed E-state index contributed by atoms with van der Waals surface area (Å²) < 4.78 is 53.6. The molecule has 8 heteroatoms. The van der Waals surface area contributed by atoms with E-state index >= 15 is 0 Å². The predicted octanol–water partition coefficient (Wildman–Crippen LogP) is 3.23. The lowest BCUT2D eigenvalue weighted by molar-refractivity contribution is 0.459. The summed E-state index contributed by atoms with van der Waals surface area (Å²) in [4.78, 5) is 7.97. The van der Waals surface area contributed by atoms with Crippen molar-refractivity contribution in [2.75, 3.05) is 11.1 Å². The Kier molecular flexibility index (Phi) is 3.97. The van der Waals surface area contributed by atoms with E-state index in [1.165, 1.54) is 6.92 Å². The van der Waals surface area contributed by atoms with Gasteiger partial charge in [0.1, 0.15) is 23.1 Å². The second-order valence-corrected chi connectivity index (χ2v) is 4.32. The number of nitrogens with two attached hydrogens (primary N) is 1. The summed E-state index contributed by atoms with van der Waals surface area (Å²) in [7, 11) is 0. The molecule has 0 saturated heterocycles. The summed E-state index contributed by atoms with van der Waals surface area (Å²) in [5.74, 6) is -5.66. The van der Waals surface area contributed by atoms with E-state index in [1.807, 2.05) is 0 Å². The monoisotopic (exact) mass is 300 g/mol. The van der Waals surface area contributed by atoms with Gasteiger partial charge in [-0.3, -0.25) is 0 Å². The van der Waals surface area contributed by atoms with Crippen LogP contribution in [0.5, 0.6) is 0 Å². The minimum Gasteiger partial charge on any atom is -0.383 e. The first-order valence-corrected chi connectivity index (χ1v) is 6.08. The van der Waals surface area contributed by atoms with E-state index in [4.69, 9.17) is 5.73 Å². The van der Waals surface area contributed by atoms with Crippen LogP contribution in [0.1, 0.15) is 18.3 Å². The van der Waals surface area contributed by atoms with Crippen molar-refractivity contribution in [1.29, 1.82) is 0 Å². The normalized spacial score (nSPS) is 10.8. The van der Waals surface area contributed by atoms with Crippen LogP contribution in [0.15, 0.2) is 6.07 Å². The van der Waals surface area contributed by atoms with E-state index in [9.17, 15) is 17.6 Å². The molecule has 0 aliphatic carbocycles. The number of hydrogen-bond donors (Lipinski definition) is 2. The highest BCUT2D eigenvalue weighted by atomic mass is 19.2. The Morgan fingerprint density at radius 2 is 1.67 bits per heavy atom. The summed E-state index contributed by atoms with van der Waals surface area (Å²) in [5, 5.41) is 2.24. The molecule has 0 bridgehead atoms. The first-order chi connectivity index (χ1) is 9.85. The Bertz CT molecular complexity index is 677. The SMILES string of the molecule is CCc1nc(N)c(C)c(Nc2c(F)c(F)cc(F)c2F)n1. The lowest BCUT2D eigenvalue weighted by Gasteiger charge is -2.13. The molecule has 2 rings (SSSR count). The number of aryl methyl sites for hydroxylation is 1. The fourth-order valence-corrected chi connectivity index (χ4v) is 1.66. The van der Waals surface area contributed by atoms with Gasteiger partial charge in [-0.2, -0.15) is 0 Å². The third-order valence-corrected chi connectivity index (χ3v) is 2.90. The molecular weight excluding hydrogens is 288 g/mol. The van der Waals surface area contributed by atoms with Crippen molar-refractivity contribution in [1.82, 2.24) is 9.97 Å². The van der Waals surface area contributed by atoms with E-state index in [2.05, 4.69) is 15.3 Å². The smallest absolute Gasteiger partial charge is 0.185 e. The molecule has 0 amide bonds. The molecule has 1 heterocycles. The van der Waals surface area contributed by atoms with Crippen LogP contribution < -0.4 is 11.1 Å². The van der Waals surface area contributed by atoms with Crippen LogP contribution in [0, 0.1) is 30.2 Å². The maximum Gasteiger partial charge on any atom is 0.185 e. The van der Waals surface area contributed by atoms with Crippen molar-refractivity contribution in [2.45, 2.75) is 20.3 Å². The standard InChI is InChI=1S/C13H12F4N4/c1-3-8-19-12(18)5(2)13(20-8)21-11-9(16)6(14)4-7(15)10(11)17/h4H,3H2,1-2H3,(H3,18,19,20,21). The van der Waals surface area contributed by atoms with Crippen molar-refractivity contribution >= 4 is 17.3 Å². The first-order valence-electron chi connectivity index (χ1n) is 6.08. The number of halogens is 4. The van der Waals surface area contributed by atoms with E-state index < -0.39 is 29.0 Å². The van der Waals surface area contributed by atoms with Crippen LogP contribution in [0.3, 0.4) is 0 Å². The number of hydrogen-bond acceptors (Lipinski definition) is 4. The lowest BCUT2D eigenvalue weighted by Crippen LogP contribution is -2.09. The van der Waals surface area contributed by atoms with Crippen molar-refractivity contribution < 1.29 is 17.6 Å². The fraction of sp³-hybridized carbons (Fsp3) is 0.231. The second kappa shape index (κ2) is 5.55. The average Bonchev–Trinajstić information content (AvgIpc) is 2.45. The second-order valence-electron chi connectivity index (χ2n) is 4.32. The molecule has 0 radical (unpaired) electrons. The Morgan fingerprint density at radius 3 is 2.19 bits per heavy atom. The van der Waals surface area contributed by atoms with E-state index in [0.717, 1.165) is 0 Å². The molecule has 2 aromatic rings. The number of nitrogen functional groups attached to an aromatic ring is 1. The fourth-order valence-electron chi connectivity index (χ4n) is 1.66. The number of rotatable bonds is 3. The maximum atomic E-state index is 13.6. The van der Waals surface area contributed by atoms with Gasteiger partial charge in [-0.1, -0.05) is 6.92 Å². The summed E-state index contributed by atoms with van der Waals surface area (Å²) in [6.07, 6.45) is 0.432. The molecule has 21 heavy (non-hydrogen) atoms. The maximum absolute atomic E-state index is 13.6. The molecule has 112 valence electrons. The van der Waals surface area contributed by atoms with E-state index in [-0.39, 0.29) is 17.7 Å². The van der Waals surface area contributed by atoms with Gasteiger partial charge in [0.25, 0.3) is 0 Å². The van der Waals surface area contributed by atoms with Gasteiger partial charge in [-0.05, 0) is 6.92 Å². The summed E-state index contributed by atoms with van der Waals surface area (Å²) in [6, 6.07) is 0.133. The van der Waals surface area contributed by atoms with Crippen LogP contribution in [0.2, 0.25) is 0 Å². The molecule has 0 aliphatic rings. The highest BCUT2D eigenvalue weighted by Gasteiger charge is 2.20. The Balaban J connectivity index is 2.55. The molecule has 0 fully saturated rings. The van der Waals surface area contributed by atoms with Gasteiger partial charge < -0.3 is 11.1 Å². The van der Waals surface area contributed by atoms with Crippen LogP contribution in [-0.4, -0.2) is 9.97 Å². The van der Waals surface area contributed by atoms with Crippen molar-refractivity contribution in [3.63, 3.8) is 0 Å². The largest absolute Gasteiger partial charge is 0.383 e. The molecular formula is C13H12F4N4. The molecule has 0 atom stereocenters. The minimum atomic E-state index is -1.54. The van der Waals surface area contributed by atoms with Gasteiger partial charge in [0, 0.05) is 18.1 Å².